The highest BCUT2D eigenvalue weighted by atomic mass is 32.1. The van der Waals surface area contributed by atoms with Crippen molar-refractivity contribution in [1.29, 1.82) is 0 Å². The number of aryl methyl sites for hydroxylation is 1. The van der Waals surface area contributed by atoms with Crippen molar-refractivity contribution in [2.75, 3.05) is 11.9 Å². The van der Waals surface area contributed by atoms with Gasteiger partial charge in [0, 0.05) is 10.4 Å². The number of fused-ring (bicyclic) bond motifs is 1. The highest BCUT2D eigenvalue weighted by Crippen LogP contribution is 2.38. The lowest BCUT2D eigenvalue weighted by atomic mass is 9.95. The molecule has 3 rings (SSSR count). The fraction of sp³-hybridized carbons (Fsp3) is 0.455. The molecule has 28 heavy (non-hydrogen) atoms. The molecule has 0 radical (unpaired) electrons. The maximum absolute atomic E-state index is 12.9. The molecule has 1 unspecified atom stereocenters. The lowest BCUT2D eigenvalue weighted by Crippen LogP contribution is -2.16. The van der Waals surface area contributed by atoms with Crippen LogP contribution in [0.2, 0.25) is 0 Å². The normalized spacial score (nSPS) is 14.1. The molecule has 1 aliphatic rings. The lowest BCUT2D eigenvalue weighted by Gasteiger charge is -2.13. The van der Waals surface area contributed by atoms with E-state index in [1.165, 1.54) is 16.2 Å². The maximum Gasteiger partial charge on any atom is 0.341 e. The van der Waals surface area contributed by atoms with Crippen LogP contribution in [0.25, 0.3) is 0 Å². The highest BCUT2D eigenvalue weighted by molar-refractivity contribution is 7.17. The summed E-state index contributed by atoms with van der Waals surface area (Å²) in [4.78, 5) is 26.6. The van der Waals surface area contributed by atoms with Crippen molar-refractivity contribution in [2.45, 2.75) is 59.0 Å². The van der Waals surface area contributed by atoms with Gasteiger partial charge in [-0.25, -0.2) is 4.79 Å². The van der Waals surface area contributed by atoms with Crippen LogP contribution in [-0.2, 0) is 17.6 Å². The average Bonchev–Trinajstić information content (AvgIpc) is 3.06. The zero-order valence-electron chi connectivity index (χ0n) is 16.7. The Morgan fingerprint density at radius 1 is 1.21 bits per heavy atom. The molecular formula is C22H27NO4S. The van der Waals surface area contributed by atoms with Gasteiger partial charge in [-0.15, -0.1) is 11.3 Å². The number of carbonyl (C=O) groups is 2. The second kappa shape index (κ2) is 9.24. The minimum Gasteiger partial charge on any atom is -0.491 e. The van der Waals surface area contributed by atoms with Gasteiger partial charge in [0.1, 0.15) is 10.8 Å². The smallest absolute Gasteiger partial charge is 0.341 e. The van der Waals surface area contributed by atoms with E-state index < -0.39 is 0 Å². The van der Waals surface area contributed by atoms with Crippen LogP contribution < -0.4 is 10.1 Å². The lowest BCUT2D eigenvalue weighted by molar-refractivity contribution is 0.0526. The molecule has 0 fully saturated rings. The van der Waals surface area contributed by atoms with Gasteiger partial charge in [-0.2, -0.15) is 0 Å². The summed E-state index contributed by atoms with van der Waals surface area (Å²) in [7, 11) is 0. The number of carbonyl (C=O) groups excluding carboxylic acids is 2. The van der Waals surface area contributed by atoms with Crippen molar-refractivity contribution < 1.29 is 19.1 Å². The molecule has 2 aromatic rings. The quantitative estimate of drug-likeness (QED) is 0.645. The van der Waals surface area contributed by atoms with Gasteiger partial charge >= 0.3 is 5.97 Å². The van der Waals surface area contributed by atoms with E-state index in [1.54, 1.807) is 25.1 Å². The van der Waals surface area contributed by atoms with E-state index in [0.717, 1.165) is 37.7 Å². The van der Waals surface area contributed by atoms with Crippen molar-refractivity contribution in [3.05, 3.63) is 45.8 Å². The summed E-state index contributed by atoms with van der Waals surface area (Å²) in [5.74, 6) is 0.0582. The number of esters is 1. The Hall–Kier alpha value is -2.34. The minimum absolute atomic E-state index is 0.0812. The molecule has 150 valence electrons. The van der Waals surface area contributed by atoms with E-state index >= 15 is 0 Å². The predicted molar refractivity (Wildman–Crippen MR) is 112 cm³/mol. The third kappa shape index (κ3) is 4.55. The molecule has 1 heterocycles. The molecule has 0 saturated heterocycles. The molecule has 5 nitrogen and oxygen atoms in total. The van der Waals surface area contributed by atoms with Gasteiger partial charge in [0.2, 0.25) is 0 Å². The number of rotatable bonds is 7. The maximum atomic E-state index is 12.9. The van der Waals surface area contributed by atoms with Gasteiger partial charge in [-0.3, -0.25) is 4.79 Å². The summed E-state index contributed by atoms with van der Waals surface area (Å²) >= 11 is 1.49. The van der Waals surface area contributed by atoms with E-state index in [1.807, 2.05) is 13.0 Å². The molecule has 0 aliphatic heterocycles. The van der Waals surface area contributed by atoms with Gasteiger partial charge < -0.3 is 14.8 Å². The van der Waals surface area contributed by atoms with Crippen molar-refractivity contribution in [1.82, 2.24) is 0 Å². The zero-order valence-corrected chi connectivity index (χ0v) is 17.5. The number of nitrogens with one attached hydrogen (secondary N) is 1. The Balaban J connectivity index is 1.85. The SMILES string of the molecule is CCOC(=O)c1c(NC(=O)c2cccc(OC(C)CC)c2)sc2c1CCCC2. The summed E-state index contributed by atoms with van der Waals surface area (Å²) in [6.07, 6.45) is 4.93. The van der Waals surface area contributed by atoms with Crippen LogP contribution in [0.3, 0.4) is 0 Å². The largest absolute Gasteiger partial charge is 0.491 e. The molecule has 1 amide bonds. The van der Waals surface area contributed by atoms with Crippen molar-refractivity contribution in [3.63, 3.8) is 0 Å². The van der Waals surface area contributed by atoms with Crippen LogP contribution in [0.5, 0.6) is 5.75 Å². The number of amides is 1. The van der Waals surface area contributed by atoms with Crippen molar-refractivity contribution in [2.24, 2.45) is 0 Å². The number of thiophene rings is 1. The fourth-order valence-electron chi connectivity index (χ4n) is 3.27. The average molecular weight is 402 g/mol. The highest BCUT2D eigenvalue weighted by Gasteiger charge is 2.27. The molecule has 0 spiro atoms. The molecule has 1 aromatic heterocycles. The summed E-state index contributed by atoms with van der Waals surface area (Å²) in [5, 5.41) is 3.53. The second-order valence-electron chi connectivity index (χ2n) is 6.95. The van der Waals surface area contributed by atoms with E-state index in [9.17, 15) is 9.59 Å². The standard InChI is InChI=1S/C22H27NO4S/c1-4-14(3)27-16-10-8-9-15(13-16)20(24)23-21-19(22(25)26-5-2)17-11-6-7-12-18(17)28-21/h8-10,13-14H,4-7,11-12H2,1-3H3,(H,23,24). The van der Waals surface area contributed by atoms with Gasteiger partial charge in [0.05, 0.1) is 18.3 Å². The molecule has 1 atom stereocenters. The first-order valence-corrected chi connectivity index (χ1v) is 10.7. The summed E-state index contributed by atoms with van der Waals surface area (Å²) in [5.41, 5.74) is 2.07. The van der Waals surface area contributed by atoms with Crippen LogP contribution >= 0.6 is 11.3 Å². The van der Waals surface area contributed by atoms with Gasteiger partial charge in [0.15, 0.2) is 0 Å². The number of hydrogen-bond donors (Lipinski definition) is 1. The Labute approximate surface area is 170 Å². The van der Waals surface area contributed by atoms with Gasteiger partial charge in [-0.05, 0) is 69.7 Å². The minimum atomic E-state index is -0.356. The molecule has 1 aliphatic carbocycles. The first-order chi connectivity index (χ1) is 13.5. The van der Waals surface area contributed by atoms with E-state index in [-0.39, 0.29) is 18.0 Å². The molecule has 1 aromatic carbocycles. The first kappa shape index (κ1) is 20.4. The van der Waals surface area contributed by atoms with Crippen LogP contribution in [0.4, 0.5) is 5.00 Å². The Kier molecular flexibility index (Phi) is 6.73. The topological polar surface area (TPSA) is 64.6 Å². The Morgan fingerprint density at radius 2 is 2.00 bits per heavy atom. The van der Waals surface area contributed by atoms with Gasteiger partial charge in [0.25, 0.3) is 5.91 Å². The zero-order chi connectivity index (χ0) is 20.1. The number of ether oxygens (including phenoxy) is 2. The summed E-state index contributed by atoms with van der Waals surface area (Å²) < 4.78 is 11.1. The van der Waals surface area contributed by atoms with Crippen LogP contribution in [0.1, 0.15) is 71.2 Å². The van der Waals surface area contributed by atoms with E-state index in [2.05, 4.69) is 12.2 Å². The number of benzene rings is 1. The molecule has 0 bridgehead atoms. The van der Waals surface area contributed by atoms with Crippen LogP contribution in [0, 0.1) is 0 Å². The fourth-order valence-corrected chi connectivity index (χ4v) is 4.55. The summed E-state index contributed by atoms with van der Waals surface area (Å²) in [6, 6.07) is 7.13. The van der Waals surface area contributed by atoms with E-state index in [0.29, 0.717) is 28.5 Å². The molecule has 6 heteroatoms. The van der Waals surface area contributed by atoms with Crippen molar-refractivity contribution >= 4 is 28.2 Å². The molecular weight excluding hydrogens is 374 g/mol. The Morgan fingerprint density at radius 3 is 2.75 bits per heavy atom. The Bertz CT molecular complexity index is 858. The monoisotopic (exact) mass is 401 g/mol. The van der Waals surface area contributed by atoms with Crippen molar-refractivity contribution in [3.8, 4) is 5.75 Å². The summed E-state index contributed by atoms with van der Waals surface area (Å²) in [6.45, 7) is 6.15. The van der Waals surface area contributed by atoms with Crippen LogP contribution in [-0.4, -0.2) is 24.6 Å². The molecule has 0 saturated carbocycles. The predicted octanol–water partition coefficient (Wildman–Crippen LogP) is 5.23. The van der Waals surface area contributed by atoms with Gasteiger partial charge in [-0.1, -0.05) is 13.0 Å². The van der Waals surface area contributed by atoms with E-state index in [4.69, 9.17) is 9.47 Å². The molecule has 1 N–H and O–H groups in total. The number of anilines is 1. The third-order valence-electron chi connectivity index (χ3n) is 4.89. The number of hydrogen-bond acceptors (Lipinski definition) is 5. The first-order valence-electron chi connectivity index (χ1n) is 9.93. The third-order valence-corrected chi connectivity index (χ3v) is 6.09. The van der Waals surface area contributed by atoms with Crippen LogP contribution in [0.15, 0.2) is 24.3 Å². The second-order valence-corrected chi connectivity index (χ2v) is 8.06.